The summed E-state index contributed by atoms with van der Waals surface area (Å²) in [6.07, 6.45) is -0.428. The maximum Gasteiger partial charge on any atom is 0.332 e. The summed E-state index contributed by atoms with van der Waals surface area (Å²) < 4.78 is 36.9. The quantitative estimate of drug-likeness (QED) is 0.569. The zero-order chi connectivity index (χ0) is 13.7. The van der Waals surface area contributed by atoms with E-state index < -0.39 is 37.2 Å². The maximum absolute atomic E-state index is 11.8. The highest BCUT2D eigenvalue weighted by Gasteiger charge is 2.08. The van der Waals surface area contributed by atoms with Crippen LogP contribution in [0, 0.1) is 0 Å². The molecule has 2 heterocycles. The molecule has 1 N–H and O–H groups in total. The average Bonchev–Trinajstić information content (AvgIpc) is 2.58. The number of nitrogens with zero attached hydrogens (tertiary/aromatic N) is 3. The molecule has 13 heavy (non-hydrogen) atoms. The van der Waals surface area contributed by atoms with Crippen LogP contribution in [0.3, 0.4) is 0 Å². The number of aryl methyl sites for hydroxylation is 1. The van der Waals surface area contributed by atoms with Gasteiger partial charge in [0.05, 0.1) is 6.30 Å². The van der Waals surface area contributed by atoms with Gasteiger partial charge in [-0.3, -0.25) is 13.9 Å². The Labute approximate surface area is 79.5 Å². The molecule has 0 aliphatic rings. The van der Waals surface area contributed by atoms with Crippen molar-refractivity contribution in [1.82, 2.24) is 19.1 Å². The minimum Gasteiger partial charge on any atom is -0.339 e. The van der Waals surface area contributed by atoms with Gasteiger partial charge in [0, 0.05) is 19.5 Å². The molecule has 0 bridgehead atoms. The molecule has 0 unspecified atom stereocenters. The van der Waals surface area contributed by atoms with Gasteiger partial charge in [-0.25, -0.2) is 9.78 Å². The van der Waals surface area contributed by atoms with Crippen LogP contribution >= 0.6 is 0 Å². The zero-order valence-electron chi connectivity index (χ0n) is 11.4. The van der Waals surface area contributed by atoms with Crippen molar-refractivity contribution >= 4 is 11.2 Å². The van der Waals surface area contributed by atoms with Crippen molar-refractivity contribution in [2.24, 2.45) is 14.0 Å². The second-order valence-electron chi connectivity index (χ2n) is 2.40. The molecule has 2 rings (SSSR count). The van der Waals surface area contributed by atoms with E-state index >= 15 is 0 Å². The van der Waals surface area contributed by atoms with Gasteiger partial charge in [-0.1, -0.05) is 0 Å². The summed E-state index contributed by atoms with van der Waals surface area (Å²) >= 11 is 0. The lowest BCUT2D eigenvalue weighted by Gasteiger charge is -2.00. The highest BCUT2D eigenvalue weighted by atomic mass is 16.2. The van der Waals surface area contributed by atoms with Gasteiger partial charge in [0.1, 0.15) is 6.89 Å². The minimum absolute atomic E-state index is 0.275. The zero-order valence-corrected chi connectivity index (χ0v) is 6.37. The maximum atomic E-state index is 11.8. The highest BCUT2D eigenvalue weighted by molar-refractivity contribution is 5.68. The smallest absolute Gasteiger partial charge is 0.332 e. The van der Waals surface area contributed by atoms with Gasteiger partial charge in [0.2, 0.25) is 0 Å². The van der Waals surface area contributed by atoms with E-state index in [1.54, 1.807) is 0 Å². The molecule has 0 saturated heterocycles. The van der Waals surface area contributed by atoms with E-state index in [1.165, 1.54) is 0 Å². The SMILES string of the molecule is [2H]Cn1c(=O)c2[nH]c([2H])nc2n(C([2H])([2H])[2H])c1=O. The van der Waals surface area contributed by atoms with Crippen LogP contribution in [0.25, 0.3) is 11.2 Å². The number of nitrogens with one attached hydrogen (secondary N) is 1. The Hall–Kier alpha value is -1.85. The molecular weight excluding hydrogens is 172 g/mol. The topological polar surface area (TPSA) is 72.7 Å². The van der Waals surface area contributed by atoms with Crippen LogP contribution in [0.2, 0.25) is 0 Å². The molecule has 0 aromatic carbocycles. The fourth-order valence-corrected chi connectivity index (χ4v) is 0.993. The number of hydrogen-bond acceptors (Lipinski definition) is 3. The molecule has 0 atom stereocenters. The summed E-state index contributed by atoms with van der Waals surface area (Å²) in [4.78, 5) is 29.4. The number of H-pyrrole nitrogens is 1. The van der Waals surface area contributed by atoms with E-state index in [9.17, 15) is 9.59 Å². The molecule has 68 valence electrons. The lowest BCUT2D eigenvalue weighted by atomic mass is 10.5. The van der Waals surface area contributed by atoms with E-state index in [-0.39, 0.29) is 5.52 Å². The number of fused-ring (bicyclic) bond motifs is 1. The van der Waals surface area contributed by atoms with Gasteiger partial charge in [-0.2, -0.15) is 0 Å². The van der Waals surface area contributed by atoms with Crippen molar-refractivity contribution in [1.29, 1.82) is 0 Å². The normalized spacial score (nSPS) is 17.4. The van der Waals surface area contributed by atoms with Crippen LogP contribution in [-0.2, 0) is 14.0 Å². The van der Waals surface area contributed by atoms with E-state index in [0.29, 0.717) is 9.13 Å². The van der Waals surface area contributed by atoms with Crippen LogP contribution in [0.15, 0.2) is 15.9 Å². The average molecular weight is 185 g/mol. The Morgan fingerprint density at radius 1 is 1.62 bits per heavy atom. The van der Waals surface area contributed by atoms with Gasteiger partial charge >= 0.3 is 5.69 Å². The number of aromatic nitrogens is 4. The second kappa shape index (κ2) is 2.32. The molecule has 0 aliphatic heterocycles. The molecule has 0 radical (unpaired) electrons. The number of imidazole rings is 1. The summed E-state index contributed by atoms with van der Waals surface area (Å²) in [5, 5.41) is 0. The number of rotatable bonds is 0. The Balaban J connectivity index is 3.09. The fraction of sp³-hybridized carbons (Fsp3) is 0.286. The summed E-state index contributed by atoms with van der Waals surface area (Å²) in [5.74, 6) is 0. The van der Waals surface area contributed by atoms with Crippen LogP contribution < -0.4 is 11.2 Å². The molecule has 0 saturated carbocycles. The fourth-order valence-electron chi connectivity index (χ4n) is 0.993. The van der Waals surface area contributed by atoms with Gasteiger partial charge in [-0.05, 0) is 0 Å². The highest BCUT2D eigenvalue weighted by Crippen LogP contribution is 1.97. The lowest BCUT2D eigenvalue weighted by Crippen LogP contribution is -2.36. The number of aromatic amines is 1. The van der Waals surface area contributed by atoms with Crippen LogP contribution in [0.5, 0.6) is 0 Å². The predicted octanol–water partition coefficient (Wildman–Crippen LogP) is -1.04. The molecule has 6 heteroatoms. The summed E-state index contributed by atoms with van der Waals surface area (Å²) in [6, 6.07) is 0. The standard InChI is InChI=1S/C7H8N4O2/c1-10-5-4(8-3-9-5)6(12)11(2)7(10)13/h3H,1-2H3,(H,8,9)/i1D3,2D,3D. The van der Waals surface area contributed by atoms with Crippen molar-refractivity contribution in [3.63, 3.8) is 0 Å². The Morgan fingerprint density at radius 2 is 2.46 bits per heavy atom. The summed E-state index contributed by atoms with van der Waals surface area (Å²) in [7, 11) is -0.712. The Morgan fingerprint density at radius 3 is 3.15 bits per heavy atom. The molecule has 2 aromatic heterocycles. The molecule has 0 spiro atoms. The van der Waals surface area contributed by atoms with Crippen molar-refractivity contribution in [3.8, 4) is 0 Å². The first kappa shape index (κ1) is 3.91. The van der Waals surface area contributed by atoms with E-state index in [1.807, 2.05) is 0 Å². The third-order valence-electron chi connectivity index (χ3n) is 1.66. The van der Waals surface area contributed by atoms with Gasteiger partial charge in [0.15, 0.2) is 5.65 Å². The molecule has 0 amide bonds. The van der Waals surface area contributed by atoms with Crippen molar-refractivity contribution in [3.05, 3.63) is 27.1 Å². The number of hydrogen-bond donors (Lipinski definition) is 1. The van der Waals surface area contributed by atoms with E-state index in [4.69, 9.17) is 6.85 Å². The largest absolute Gasteiger partial charge is 0.339 e. The van der Waals surface area contributed by atoms with Gasteiger partial charge in [-0.15, -0.1) is 0 Å². The predicted molar refractivity (Wildman–Crippen MR) is 46.6 cm³/mol. The van der Waals surface area contributed by atoms with E-state index in [0.717, 1.165) is 0 Å². The molecule has 2 aromatic rings. The first-order valence-electron chi connectivity index (χ1n) is 6.00. The Bertz CT molecular complexity index is 724. The molecule has 6 nitrogen and oxygen atoms in total. The monoisotopic (exact) mass is 185 g/mol. The molecular formula is C7H8N4O2. The van der Waals surface area contributed by atoms with Crippen LogP contribution in [-0.4, -0.2) is 19.1 Å². The Kier molecular flexibility index (Phi) is 0.696. The van der Waals surface area contributed by atoms with Crippen molar-refractivity contribution in [2.75, 3.05) is 0 Å². The van der Waals surface area contributed by atoms with Crippen molar-refractivity contribution in [2.45, 2.75) is 0 Å². The minimum atomic E-state index is -2.85. The molecule has 0 aliphatic carbocycles. The third-order valence-corrected chi connectivity index (χ3v) is 1.66. The van der Waals surface area contributed by atoms with E-state index in [2.05, 4.69) is 9.97 Å². The first-order chi connectivity index (χ1) is 8.27. The van der Waals surface area contributed by atoms with Crippen LogP contribution in [0.1, 0.15) is 6.85 Å². The summed E-state index contributed by atoms with van der Waals surface area (Å²) in [5.41, 5.74) is -2.69. The van der Waals surface area contributed by atoms with Gasteiger partial charge in [0.25, 0.3) is 5.56 Å². The summed E-state index contributed by atoms with van der Waals surface area (Å²) in [6.45, 7) is -2.85. The first-order valence-corrected chi connectivity index (χ1v) is 3.29. The lowest BCUT2D eigenvalue weighted by molar-refractivity contribution is 0.709. The second-order valence-corrected chi connectivity index (χ2v) is 2.40. The molecule has 0 fully saturated rings. The van der Waals surface area contributed by atoms with Crippen molar-refractivity contribution < 1.29 is 6.85 Å². The van der Waals surface area contributed by atoms with Gasteiger partial charge < -0.3 is 4.98 Å². The van der Waals surface area contributed by atoms with Crippen LogP contribution in [0.4, 0.5) is 0 Å². The third kappa shape index (κ3) is 0.851.